The van der Waals surface area contributed by atoms with Crippen molar-refractivity contribution in [3.8, 4) is 11.9 Å². The standard InChI is InChI=1S/C18H17F3N4O/c1-17(2,3)14-13-12(9-5-4-6-10(7-9)18(19,20)21)11(8-22)15(23)26-16(13)25-24-14/h4-7,12H,23H2,1-3H3,(H,24,25). The number of aromatic nitrogens is 2. The fourth-order valence-electron chi connectivity index (χ4n) is 3.04. The molecule has 1 atom stereocenters. The summed E-state index contributed by atoms with van der Waals surface area (Å²) < 4.78 is 44.9. The molecule has 0 bridgehead atoms. The Morgan fingerprint density at radius 2 is 1.96 bits per heavy atom. The maximum Gasteiger partial charge on any atom is 0.416 e. The predicted octanol–water partition coefficient (Wildman–Crippen LogP) is 3.94. The van der Waals surface area contributed by atoms with Crippen LogP contribution in [-0.4, -0.2) is 10.2 Å². The van der Waals surface area contributed by atoms with Crippen LogP contribution < -0.4 is 10.5 Å². The molecule has 5 nitrogen and oxygen atoms in total. The van der Waals surface area contributed by atoms with Gasteiger partial charge in [0.2, 0.25) is 11.8 Å². The number of fused-ring (bicyclic) bond motifs is 1. The van der Waals surface area contributed by atoms with Gasteiger partial charge in [-0.1, -0.05) is 39.0 Å². The minimum atomic E-state index is -4.49. The highest BCUT2D eigenvalue weighted by Gasteiger charge is 2.39. The van der Waals surface area contributed by atoms with E-state index in [1.54, 1.807) is 6.07 Å². The first-order valence-corrected chi connectivity index (χ1v) is 7.87. The molecule has 0 fully saturated rings. The van der Waals surface area contributed by atoms with Crippen molar-refractivity contribution in [3.63, 3.8) is 0 Å². The molecule has 0 spiro atoms. The smallest absolute Gasteiger partial charge is 0.416 e. The fraction of sp³-hybridized carbons (Fsp3) is 0.333. The Hall–Kier alpha value is -2.95. The lowest BCUT2D eigenvalue weighted by Gasteiger charge is -2.27. The maximum atomic E-state index is 13.2. The van der Waals surface area contributed by atoms with E-state index in [1.807, 2.05) is 26.8 Å². The van der Waals surface area contributed by atoms with E-state index in [0.717, 1.165) is 12.1 Å². The molecule has 1 unspecified atom stereocenters. The van der Waals surface area contributed by atoms with Crippen molar-refractivity contribution in [1.29, 1.82) is 5.26 Å². The normalized spacial score (nSPS) is 17.5. The molecule has 1 aliphatic heterocycles. The number of nitrogens with one attached hydrogen (secondary N) is 1. The molecule has 3 N–H and O–H groups in total. The van der Waals surface area contributed by atoms with E-state index >= 15 is 0 Å². The van der Waals surface area contributed by atoms with Crippen LogP contribution in [0.2, 0.25) is 0 Å². The number of alkyl halides is 3. The van der Waals surface area contributed by atoms with Gasteiger partial charge in [-0.15, -0.1) is 5.10 Å². The number of ether oxygens (including phenoxy) is 1. The summed E-state index contributed by atoms with van der Waals surface area (Å²) in [4.78, 5) is 0. The number of hydrogen-bond donors (Lipinski definition) is 2. The van der Waals surface area contributed by atoms with Crippen LogP contribution in [0.5, 0.6) is 5.88 Å². The van der Waals surface area contributed by atoms with Crippen LogP contribution in [0.3, 0.4) is 0 Å². The SMILES string of the molecule is CC(C)(C)c1[nH]nc2c1C(c1cccc(C(F)(F)F)c1)C(C#N)=C(N)O2. The van der Waals surface area contributed by atoms with Gasteiger partial charge in [0.05, 0.1) is 17.0 Å². The molecule has 3 rings (SSSR count). The summed E-state index contributed by atoms with van der Waals surface area (Å²) in [6.07, 6.45) is -4.49. The molecule has 2 aromatic rings. The molecule has 0 aliphatic carbocycles. The van der Waals surface area contributed by atoms with E-state index < -0.39 is 23.1 Å². The highest BCUT2D eigenvalue weighted by atomic mass is 19.4. The topological polar surface area (TPSA) is 87.7 Å². The highest BCUT2D eigenvalue weighted by Crippen LogP contribution is 2.46. The molecule has 1 aliphatic rings. The Kier molecular flexibility index (Phi) is 3.98. The molecule has 1 aromatic heterocycles. The molecule has 0 saturated carbocycles. The third-order valence-electron chi connectivity index (χ3n) is 4.24. The summed E-state index contributed by atoms with van der Waals surface area (Å²) in [5.74, 6) is -0.776. The largest absolute Gasteiger partial charge is 0.420 e. The molecule has 0 saturated heterocycles. The lowest BCUT2D eigenvalue weighted by molar-refractivity contribution is -0.137. The number of nitriles is 1. The number of benzene rings is 1. The number of nitrogens with zero attached hydrogens (tertiary/aromatic N) is 2. The van der Waals surface area contributed by atoms with Gasteiger partial charge in [0.15, 0.2) is 0 Å². The third-order valence-corrected chi connectivity index (χ3v) is 4.24. The monoisotopic (exact) mass is 362 g/mol. The van der Waals surface area contributed by atoms with Gasteiger partial charge >= 0.3 is 6.18 Å². The molecule has 0 radical (unpaired) electrons. The second-order valence-corrected chi connectivity index (χ2v) is 7.12. The first-order chi connectivity index (χ1) is 12.0. The average Bonchev–Trinajstić information content (AvgIpc) is 2.96. The second kappa shape index (κ2) is 5.80. The second-order valence-electron chi connectivity index (χ2n) is 7.12. The molecule has 136 valence electrons. The number of hydrogen-bond acceptors (Lipinski definition) is 4. The molecule has 2 heterocycles. The van der Waals surface area contributed by atoms with Crippen molar-refractivity contribution in [3.05, 3.63) is 58.1 Å². The quantitative estimate of drug-likeness (QED) is 0.804. The number of halogens is 3. The number of allylic oxidation sites excluding steroid dienone is 1. The zero-order valence-electron chi connectivity index (χ0n) is 14.4. The van der Waals surface area contributed by atoms with Gasteiger partial charge in [-0.3, -0.25) is 5.10 Å². The Balaban J connectivity index is 2.27. The van der Waals surface area contributed by atoms with Crippen molar-refractivity contribution in [1.82, 2.24) is 10.2 Å². The van der Waals surface area contributed by atoms with Gasteiger partial charge in [-0.05, 0) is 11.6 Å². The Labute approximate surface area is 148 Å². The summed E-state index contributed by atoms with van der Waals surface area (Å²) in [5.41, 5.74) is 6.22. The van der Waals surface area contributed by atoms with Crippen molar-refractivity contribution in [2.24, 2.45) is 5.73 Å². The summed E-state index contributed by atoms with van der Waals surface area (Å²) in [6, 6.07) is 6.85. The van der Waals surface area contributed by atoms with E-state index in [1.165, 1.54) is 6.07 Å². The number of aromatic amines is 1. The Bertz CT molecular complexity index is 929. The van der Waals surface area contributed by atoms with E-state index in [0.29, 0.717) is 16.8 Å². The van der Waals surface area contributed by atoms with E-state index in [4.69, 9.17) is 10.5 Å². The molecular weight excluding hydrogens is 345 g/mol. The van der Waals surface area contributed by atoms with Crippen LogP contribution in [-0.2, 0) is 11.6 Å². The van der Waals surface area contributed by atoms with Crippen molar-refractivity contribution in [2.45, 2.75) is 38.3 Å². The lowest BCUT2D eigenvalue weighted by Crippen LogP contribution is -2.24. The van der Waals surface area contributed by atoms with Crippen LogP contribution in [0.1, 0.15) is 49.1 Å². The van der Waals surface area contributed by atoms with Gasteiger partial charge in [-0.2, -0.15) is 18.4 Å². The summed E-state index contributed by atoms with van der Waals surface area (Å²) in [6.45, 7) is 5.78. The van der Waals surface area contributed by atoms with Crippen molar-refractivity contribution in [2.75, 3.05) is 0 Å². The average molecular weight is 362 g/mol. The Morgan fingerprint density at radius 3 is 2.54 bits per heavy atom. The summed E-state index contributed by atoms with van der Waals surface area (Å²) in [7, 11) is 0. The highest BCUT2D eigenvalue weighted by molar-refractivity contribution is 5.56. The molecule has 26 heavy (non-hydrogen) atoms. The zero-order valence-corrected chi connectivity index (χ0v) is 14.4. The van der Waals surface area contributed by atoms with E-state index in [9.17, 15) is 18.4 Å². The lowest BCUT2D eigenvalue weighted by atomic mass is 9.78. The van der Waals surface area contributed by atoms with Gasteiger partial charge in [0.1, 0.15) is 11.6 Å². The summed E-state index contributed by atoms with van der Waals surface area (Å²) in [5, 5.41) is 16.5. The van der Waals surface area contributed by atoms with E-state index in [-0.39, 0.29) is 17.3 Å². The molecule has 1 aromatic carbocycles. The molecular formula is C18H17F3N4O. The number of rotatable bonds is 1. The fourth-order valence-corrected chi connectivity index (χ4v) is 3.04. The first-order valence-electron chi connectivity index (χ1n) is 7.87. The Morgan fingerprint density at radius 1 is 1.27 bits per heavy atom. The van der Waals surface area contributed by atoms with Gasteiger partial charge in [0, 0.05) is 11.1 Å². The van der Waals surface area contributed by atoms with Crippen LogP contribution in [0.4, 0.5) is 13.2 Å². The van der Waals surface area contributed by atoms with Crippen LogP contribution in [0.15, 0.2) is 35.7 Å². The van der Waals surface area contributed by atoms with Crippen molar-refractivity contribution < 1.29 is 17.9 Å². The van der Waals surface area contributed by atoms with E-state index in [2.05, 4.69) is 10.2 Å². The minimum Gasteiger partial charge on any atom is -0.420 e. The number of nitrogens with two attached hydrogens (primary N) is 1. The first kappa shape index (κ1) is 17.9. The van der Waals surface area contributed by atoms with Crippen LogP contribution >= 0.6 is 0 Å². The maximum absolute atomic E-state index is 13.2. The van der Waals surface area contributed by atoms with Gasteiger partial charge < -0.3 is 10.5 Å². The van der Waals surface area contributed by atoms with Crippen LogP contribution in [0, 0.1) is 11.3 Å². The van der Waals surface area contributed by atoms with Gasteiger partial charge in [0.25, 0.3) is 0 Å². The predicted molar refractivity (Wildman–Crippen MR) is 88.0 cm³/mol. The number of H-pyrrole nitrogens is 1. The minimum absolute atomic E-state index is 0.0590. The van der Waals surface area contributed by atoms with Crippen molar-refractivity contribution >= 4 is 0 Å². The van der Waals surface area contributed by atoms with Gasteiger partial charge in [-0.25, -0.2) is 0 Å². The third kappa shape index (κ3) is 2.90. The molecule has 8 heteroatoms. The van der Waals surface area contributed by atoms with Crippen LogP contribution in [0.25, 0.3) is 0 Å². The zero-order chi connectivity index (χ0) is 19.3. The summed E-state index contributed by atoms with van der Waals surface area (Å²) >= 11 is 0. The molecule has 0 amide bonds.